The number of nitrogens with zero attached hydrogens (tertiary/aromatic N) is 3. The molecule has 1 saturated carbocycles. The number of amides is 2. The van der Waals surface area contributed by atoms with Crippen LogP contribution in [0.5, 0.6) is 0 Å². The lowest BCUT2D eigenvalue weighted by Gasteiger charge is -2.44. The molecule has 32 heavy (non-hydrogen) atoms. The van der Waals surface area contributed by atoms with Crippen molar-refractivity contribution >= 4 is 23.4 Å². The summed E-state index contributed by atoms with van der Waals surface area (Å²) in [5, 5.41) is 8.53. The molecule has 1 N–H and O–H groups in total. The lowest BCUT2D eigenvalue weighted by Crippen LogP contribution is -2.64. The summed E-state index contributed by atoms with van der Waals surface area (Å²) in [6.45, 7) is 6.56. The molecule has 2 aliphatic rings. The van der Waals surface area contributed by atoms with Crippen molar-refractivity contribution in [3.63, 3.8) is 0 Å². The summed E-state index contributed by atoms with van der Waals surface area (Å²) in [5.74, 6) is -0.102. The third kappa shape index (κ3) is 4.42. The molecule has 6 nitrogen and oxygen atoms in total. The Morgan fingerprint density at radius 1 is 1.22 bits per heavy atom. The molecule has 0 unspecified atom stereocenters. The van der Waals surface area contributed by atoms with Gasteiger partial charge in [0.2, 0.25) is 5.91 Å². The Morgan fingerprint density at radius 2 is 1.91 bits per heavy atom. The molecule has 1 aliphatic heterocycles. The summed E-state index contributed by atoms with van der Waals surface area (Å²) in [5.41, 5.74) is 1.16. The smallest absolute Gasteiger partial charge is 0.273 e. The van der Waals surface area contributed by atoms with Crippen molar-refractivity contribution in [3.05, 3.63) is 52.3 Å². The van der Waals surface area contributed by atoms with Crippen LogP contribution in [0.3, 0.4) is 0 Å². The van der Waals surface area contributed by atoms with Crippen molar-refractivity contribution in [2.45, 2.75) is 89.9 Å². The Labute approximate surface area is 195 Å². The van der Waals surface area contributed by atoms with Crippen LogP contribution in [0.15, 0.2) is 30.3 Å². The van der Waals surface area contributed by atoms with Gasteiger partial charge >= 0.3 is 0 Å². The highest BCUT2D eigenvalue weighted by atomic mass is 35.5. The first-order valence-electron chi connectivity index (χ1n) is 11.7. The Hall–Kier alpha value is -2.34. The van der Waals surface area contributed by atoms with Crippen LogP contribution in [0.25, 0.3) is 0 Å². The van der Waals surface area contributed by atoms with Crippen LogP contribution in [-0.4, -0.2) is 38.1 Å². The Balaban J connectivity index is 1.69. The fourth-order valence-corrected chi connectivity index (χ4v) is 4.95. The molecule has 0 bridgehead atoms. The van der Waals surface area contributed by atoms with Gasteiger partial charge in [0.15, 0.2) is 0 Å². The minimum absolute atomic E-state index is 0.114. The van der Waals surface area contributed by atoms with Crippen LogP contribution in [0, 0.1) is 0 Å². The zero-order chi connectivity index (χ0) is 22.9. The van der Waals surface area contributed by atoms with Gasteiger partial charge in [0.25, 0.3) is 5.91 Å². The van der Waals surface area contributed by atoms with E-state index in [4.69, 9.17) is 11.6 Å². The molecule has 0 saturated heterocycles. The first-order valence-corrected chi connectivity index (χ1v) is 12.1. The maximum absolute atomic E-state index is 13.7. The average molecular weight is 457 g/mol. The molecule has 2 aromatic rings. The molecule has 4 rings (SSSR count). The van der Waals surface area contributed by atoms with E-state index in [1.54, 1.807) is 9.58 Å². The second kappa shape index (κ2) is 9.26. The van der Waals surface area contributed by atoms with Crippen molar-refractivity contribution in [2.75, 3.05) is 0 Å². The van der Waals surface area contributed by atoms with Gasteiger partial charge in [-0.15, -0.1) is 0 Å². The predicted molar refractivity (Wildman–Crippen MR) is 126 cm³/mol. The van der Waals surface area contributed by atoms with Gasteiger partial charge in [0.1, 0.15) is 11.2 Å². The Kier molecular flexibility index (Phi) is 6.61. The van der Waals surface area contributed by atoms with Crippen molar-refractivity contribution < 1.29 is 9.59 Å². The van der Waals surface area contributed by atoms with E-state index in [-0.39, 0.29) is 30.3 Å². The lowest BCUT2D eigenvalue weighted by molar-refractivity contribution is -0.134. The number of nitrogens with one attached hydrogen (secondary N) is 1. The van der Waals surface area contributed by atoms with E-state index in [0.717, 1.165) is 36.9 Å². The number of carbonyl (C=O) groups excluding carboxylic acids is 2. The van der Waals surface area contributed by atoms with E-state index in [1.165, 1.54) is 12.8 Å². The van der Waals surface area contributed by atoms with Crippen LogP contribution in [-0.2, 0) is 17.9 Å². The average Bonchev–Trinajstić information content (AvgIpc) is 3.02. The largest absolute Gasteiger partial charge is 0.351 e. The number of carbonyl (C=O) groups is 2. The topological polar surface area (TPSA) is 67.2 Å². The minimum Gasteiger partial charge on any atom is -0.351 e. The number of hydrogen-bond donors (Lipinski definition) is 1. The zero-order valence-electron chi connectivity index (χ0n) is 19.2. The van der Waals surface area contributed by atoms with Crippen molar-refractivity contribution in [3.8, 4) is 0 Å². The van der Waals surface area contributed by atoms with E-state index in [0.29, 0.717) is 17.3 Å². The van der Waals surface area contributed by atoms with E-state index in [2.05, 4.69) is 24.3 Å². The summed E-state index contributed by atoms with van der Waals surface area (Å²) < 4.78 is 1.72. The number of fused-ring (bicyclic) bond motifs is 1. The number of hydrogen-bond acceptors (Lipinski definition) is 3. The molecule has 172 valence electrons. The van der Waals surface area contributed by atoms with Gasteiger partial charge in [0, 0.05) is 17.6 Å². The molecule has 1 aromatic heterocycles. The summed E-state index contributed by atoms with van der Waals surface area (Å²) in [4.78, 5) is 29.1. The summed E-state index contributed by atoms with van der Waals surface area (Å²) in [7, 11) is 0. The minimum atomic E-state index is -1.06. The van der Waals surface area contributed by atoms with Gasteiger partial charge in [-0.05, 0) is 43.4 Å². The fraction of sp³-hybridized carbons (Fsp3) is 0.560. The predicted octanol–water partition coefficient (Wildman–Crippen LogP) is 4.91. The number of rotatable bonds is 5. The molecule has 1 atom stereocenters. The number of aromatic nitrogens is 2. The molecule has 2 amide bonds. The van der Waals surface area contributed by atoms with Crippen LogP contribution in [0.2, 0.25) is 5.02 Å². The van der Waals surface area contributed by atoms with Crippen LogP contribution >= 0.6 is 11.6 Å². The monoisotopic (exact) mass is 456 g/mol. The zero-order valence-corrected chi connectivity index (χ0v) is 20.0. The quantitative estimate of drug-likeness (QED) is 0.649. The standard InChI is InChI=1S/C25H33ClN4O2/c1-17(2)21-14-22-23(31)29(15-18-10-8-9-13-20(18)26)25(3,16-30(22)28-21)24(32)27-19-11-6-4-5-7-12-19/h8-10,13-14,17,19H,4-7,11-12,15-16H2,1-3H3,(H,27,32)/t25-/m1/s1. The lowest BCUT2D eigenvalue weighted by atomic mass is 9.93. The second-order valence-electron chi connectivity index (χ2n) is 9.69. The van der Waals surface area contributed by atoms with E-state index in [1.807, 2.05) is 37.3 Å². The van der Waals surface area contributed by atoms with Crippen LogP contribution in [0.1, 0.15) is 87.0 Å². The molecule has 0 radical (unpaired) electrons. The maximum atomic E-state index is 13.7. The third-order valence-electron chi connectivity index (χ3n) is 6.87. The molecule has 0 spiro atoms. The molecular formula is C25H33ClN4O2. The van der Waals surface area contributed by atoms with Gasteiger partial charge in [0.05, 0.1) is 12.2 Å². The molecule has 1 aromatic carbocycles. The molecule has 2 heterocycles. The van der Waals surface area contributed by atoms with Crippen LogP contribution < -0.4 is 5.32 Å². The molecule has 1 aliphatic carbocycles. The second-order valence-corrected chi connectivity index (χ2v) is 10.1. The van der Waals surface area contributed by atoms with Crippen LogP contribution in [0.4, 0.5) is 0 Å². The fourth-order valence-electron chi connectivity index (χ4n) is 4.75. The molecular weight excluding hydrogens is 424 g/mol. The van der Waals surface area contributed by atoms with Gasteiger partial charge in [-0.1, -0.05) is 69.3 Å². The Morgan fingerprint density at radius 3 is 2.56 bits per heavy atom. The van der Waals surface area contributed by atoms with Gasteiger partial charge in [-0.3, -0.25) is 14.3 Å². The van der Waals surface area contributed by atoms with Crippen molar-refractivity contribution in [2.24, 2.45) is 0 Å². The SMILES string of the molecule is CC(C)c1cc2n(n1)C[C@](C)(C(=O)NC1CCCCCC1)N(Cc1ccccc1Cl)C2=O. The first-order chi connectivity index (χ1) is 15.3. The van der Waals surface area contributed by atoms with Gasteiger partial charge in [-0.25, -0.2) is 0 Å². The summed E-state index contributed by atoms with van der Waals surface area (Å²) in [6, 6.07) is 9.50. The van der Waals surface area contributed by atoms with Crippen molar-refractivity contribution in [1.29, 1.82) is 0 Å². The third-order valence-corrected chi connectivity index (χ3v) is 7.24. The summed E-state index contributed by atoms with van der Waals surface area (Å²) in [6.07, 6.45) is 6.68. The first kappa shape index (κ1) is 22.8. The highest BCUT2D eigenvalue weighted by Crippen LogP contribution is 2.32. The summed E-state index contributed by atoms with van der Waals surface area (Å²) >= 11 is 6.43. The van der Waals surface area contributed by atoms with Gasteiger partial charge in [-0.2, -0.15) is 5.10 Å². The van der Waals surface area contributed by atoms with E-state index in [9.17, 15) is 9.59 Å². The van der Waals surface area contributed by atoms with E-state index >= 15 is 0 Å². The van der Waals surface area contributed by atoms with Crippen molar-refractivity contribution in [1.82, 2.24) is 20.0 Å². The molecule has 1 fully saturated rings. The normalized spacial score (nSPS) is 22.0. The highest BCUT2D eigenvalue weighted by molar-refractivity contribution is 6.31. The number of benzene rings is 1. The number of halogens is 1. The highest BCUT2D eigenvalue weighted by Gasteiger charge is 2.48. The van der Waals surface area contributed by atoms with E-state index < -0.39 is 5.54 Å². The van der Waals surface area contributed by atoms with Gasteiger partial charge < -0.3 is 10.2 Å². The molecule has 7 heteroatoms. The maximum Gasteiger partial charge on any atom is 0.273 e. The Bertz CT molecular complexity index is 994.